The molecule has 2 aromatic rings. The summed E-state index contributed by atoms with van der Waals surface area (Å²) < 4.78 is 23.8. The summed E-state index contributed by atoms with van der Waals surface area (Å²) in [7, 11) is 0. The quantitative estimate of drug-likeness (QED) is 0.236. The Bertz CT molecular complexity index is 829. The van der Waals surface area contributed by atoms with Crippen LogP contribution in [-0.4, -0.2) is 17.3 Å². The Morgan fingerprint density at radius 3 is 2.41 bits per heavy atom. The third-order valence-electron chi connectivity index (χ3n) is 3.38. The Kier molecular flexibility index (Phi) is 8.23. The fraction of sp³-hybridized carbons (Fsp3) is 0.333. The second kappa shape index (κ2) is 10.2. The van der Waals surface area contributed by atoms with Crippen LogP contribution < -0.4 is 4.52 Å². The Hall–Kier alpha value is -1.47. The van der Waals surface area contributed by atoms with E-state index in [9.17, 15) is 14.7 Å². The smallest absolute Gasteiger partial charge is 0.417 e. The van der Waals surface area contributed by atoms with Crippen LogP contribution in [0.5, 0.6) is 5.75 Å². The molecule has 2 aromatic carbocycles. The molecule has 0 radical (unpaired) electrons. The van der Waals surface area contributed by atoms with Crippen molar-refractivity contribution in [2.75, 3.05) is 12.4 Å². The number of benzene rings is 2. The van der Waals surface area contributed by atoms with Gasteiger partial charge in [-0.25, -0.2) is 4.57 Å². The van der Waals surface area contributed by atoms with Crippen molar-refractivity contribution >= 4 is 35.6 Å². The maximum Gasteiger partial charge on any atom is 0.440 e. The van der Waals surface area contributed by atoms with Gasteiger partial charge < -0.3 is 4.52 Å². The van der Waals surface area contributed by atoms with Crippen LogP contribution in [0.1, 0.15) is 25.8 Å². The topological polar surface area (TPSA) is 78.7 Å². The minimum Gasteiger partial charge on any atom is -0.417 e. The Labute approximate surface area is 167 Å². The first kappa shape index (κ1) is 21.8. The molecule has 146 valence electrons. The summed E-state index contributed by atoms with van der Waals surface area (Å²) in [4.78, 5) is 12.2. The summed E-state index contributed by atoms with van der Waals surface area (Å²) in [6, 6.07) is 11.9. The molecule has 27 heavy (non-hydrogen) atoms. The first-order valence-corrected chi connectivity index (χ1v) is 12.4. The van der Waals surface area contributed by atoms with E-state index < -0.39 is 11.7 Å². The number of aryl methyl sites for hydroxylation is 1. The number of nitro groups is 1. The SMILES string of the molecule is CCCSP(=O)(OCC)Oc1ccc(Sc2ccc([N+](=O)[O-])cc2)c(C)c1. The first-order chi connectivity index (χ1) is 12.9. The number of nitro benzene ring substituents is 1. The van der Waals surface area contributed by atoms with Gasteiger partial charge in [-0.2, -0.15) is 0 Å². The molecule has 0 saturated heterocycles. The van der Waals surface area contributed by atoms with Crippen molar-refractivity contribution in [3.05, 3.63) is 58.1 Å². The molecule has 1 unspecified atom stereocenters. The van der Waals surface area contributed by atoms with Crippen molar-refractivity contribution < 1.29 is 18.5 Å². The molecular formula is C18H22NO5PS2. The van der Waals surface area contributed by atoms with Crippen LogP contribution in [0, 0.1) is 17.0 Å². The third kappa shape index (κ3) is 6.57. The molecule has 0 aliphatic rings. The van der Waals surface area contributed by atoms with E-state index in [0.29, 0.717) is 18.1 Å². The van der Waals surface area contributed by atoms with Gasteiger partial charge in [0.05, 0.1) is 11.5 Å². The molecular weight excluding hydrogens is 405 g/mol. The van der Waals surface area contributed by atoms with Gasteiger partial charge in [0, 0.05) is 27.7 Å². The summed E-state index contributed by atoms with van der Waals surface area (Å²) in [5.41, 5.74) is 1.02. The van der Waals surface area contributed by atoms with Crippen LogP contribution in [0.25, 0.3) is 0 Å². The van der Waals surface area contributed by atoms with E-state index >= 15 is 0 Å². The van der Waals surface area contributed by atoms with Crippen molar-refractivity contribution in [2.24, 2.45) is 0 Å². The van der Waals surface area contributed by atoms with Gasteiger partial charge in [-0.3, -0.25) is 14.6 Å². The van der Waals surface area contributed by atoms with Crippen LogP contribution in [0.15, 0.2) is 52.3 Å². The van der Waals surface area contributed by atoms with Crippen LogP contribution in [-0.2, 0) is 9.09 Å². The monoisotopic (exact) mass is 427 g/mol. The van der Waals surface area contributed by atoms with Gasteiger partial charge in [-0.05, 0) is 67.5 Å². The summed E-state index contributed by atoms with van der Waals surface area (Å²) in [6.45, 7) is 2.83. The number of nitrogens with zero attached hydrogens (tertiary/aromatic N) is 1. The number of rotatable bonds is 10. The van der Waals surface area contributed by atoms with Crippen molar-refractivity contribution in [1.29, 1.82) is 0 Å². The lowest BCUT2D eigenvalue weighted by molar-refractivity contribution is -0.384. The van der Waals surface area contributed by atoms with Gasteiger partial charge in [0.2, 0.25) is 0 Å². The molecule has 9 heteroatoms. The van der Waals surface area contributed by atoms with E-state index in [4.69, 9.17) is 9.05 Å². The first-order valence-electron chi connectivity index (χ1n) is 8.48. The van der Waals surface area contributed by atoms with Gasteiger partial charge >= 0.3 is 6.80 Å². The Morgan fingerprint density at radius 1 is 1.15 bits per heavy atom. The third-order valence-corrected chi connectivity index (χ3v) is 8.52. The van der Waals surface area contributed by atoms with E-state index in [1.54, 1.807) is 25.1 Å². The van der Waals surface area contributed by atoms with Crippen LogP contribution in [0.3, 0.4) is 0 Å². The molecule has 0 saturated carbocycles. The molecule has 0 aliphatic heterocycles. The van der Waals surface area contributed by atoms with Crippen molar-refractivity contribution in [2.45, 2.75) is 37.0 Å². The molecule has 0 spiro atoms. The molecule has 0 aromatic heterocycles. The molecule has 1 atom stereocenters. The summed E-state index contributed by atoms with van der Waals surface area (Å²) in [6.07, 6.45) is 0.884. The standard InChI is InChI=1S/C18H22NO5PS2/c1-4-12-26-25(22,23-5-2)24-16-8-11-18(14(3)13-16)27-17-9-6-15(7-10-17)19(20)21/h6-11,13H,4-5,12H2,1-3H3. The lowest BCUT2D eigenvalue weighted by Crippen LogP contribution is -1.96. The van der Waals surface area contributed by atoms with E-state index in [2.05, 4.69) is 0 Å². The fourth-order valence-corrected chi connectivity index (χ4v) is 6.47. The van der Waals surface area contributed by atoms with E-state index in [1.807, 2.05) is 26.0 Å². The highest BCUT2D eigenvalue weighted by Crippen LogP contribution is 2.60. The molecule has 6 nitrogen and oxygen atoms in total. The van der Waals surface area contributed by atoms with Crippen molar-refractivity contribution in [1.82, 2.24) is 0 Å². The molecule has 0 fully saturated rings. The van der Waals surface area contributed by atoms with Gasteiger partial charge in [0.25, 0.3) is 5.69 Å². The van der Waals surface area contributed by atoms with Crippen LogP contribution in [0.4, 0.5) is 5.69 Å². The van der Waals surface area contributed by atoms with Crippen LogP contribution in [0.2, 0.25) is 0 Å². The minimum absolute atomic E-state index is 0.0658. The molecule has 0 heterocycles. The second-order valence-corrected chi connectivity index (χ2v) is 10.8. The maximum atomic E-state index is 12.8. The van der Waals surface area contributed by atoms with Crippen molar-refractivity contribution in [3.63, 3.8) is 0 Å². The largest absolute Gasteiger partial charge is 0.440 e. The fourth-order valence-electron chi connectivity index (χ4n) is 2.14. The van der Waals surface area contributed by atoms with Gasteiger partial charge in [-0.1, -0.05) is 18.7 Å². The average molecular weight is 427 g/mol. The Morgan fingerprint density at radius 2 is 1.85 bits per heavy atom. The zero-order chi connectivity index (χ0) is 19.9. The van der Waals surface area contributed by atoms with E-state index in [1.165, 1.54) is 35.3 Å². The molecule has 0 amide bonds. The van der Waals surface area contributed by atoms with E-state index in [0.717, 1.165) is 21.8 Å². The van der Waals surface area contributed by atoms with E-state index in [-0.39, 0.29) is 5.69 Å². The summed E-state index contributed by atoms with van der Waals surface area (Å²) in [5, 5.41) is 10.7. The number of non-ortho nitro benzene ring substituents is 1. The highest BCUT2D eigenvalue weighted by atomic mass is 32.7. The maximum absolute atomic E-state index is 12.8. The summed E-state index contributed by atoms with van der Waals surface area (Å²) >= 11 is 2.71. The average Bonchev–Trinajstić information content (AvgIpc) is 2.63. The van der Waals surface area contributed by atoms with Gasteiger partial charge in [0.1, 0.15) is 5.75 Å². The van der Waals surface area contributed by atoms with Crippen LogP contribution >= 0.6 is 29.9 Å². The minimum atomic E-state index is -3.23. The zero-order valence-corrected chi connectivity index (χ0v) is 17.9. The molecule has 2 rings (SSSR count). The predicted octanol–water partition coefficient (Wildman–Crippen LogP) is 6.72. The summed E-state index contributed by atoms with van der Waals surface area (Å²) in [5.74, 6) is 1.20. The number of hydrogen-bond donors (Lipinski definition) is 0. The van der Waals surface area contributed by atoms with Crippen molar-refractivity contribution in [3.8, 4) is 5.75 Å². The molecule has 0 N–H and O–H groups in total. The zero-order valence-electron chi connectivity index (χ0n) is 15.4. The number of hydrogen-bond acceptors (Lipinski definition) is 7. The predicted molar refractivity (Wildman–Crippen MR) is 111 cm³/mol. The normalized spacial score (nSPS) is 13.1. The lowest BCUT2D eigenvalue weighted by atomic mass is 10.2. The van der Waals surface area contributed by atoms with Gasteiger partial charge in [-0.15, -0.1) is 0 Å². The van der Waals surface area contributed by atoms with Gasteiger partial charge in [0.15, 0.2) is 0 Å². The molecule has 0 bridgehead atoms. The Balaban J connectivity index is 2.12. The lowest BCUT2D eigenvalue weighted by Gasteiger charge is -2.18. The second-order valence-electron chi connectivity index (χ2n) is 5.57. The molecule has 0 aliphatic carbocycles. The highest BCUT2D eigenvalue weighted by molar-refractivity contribution is 8.55. The highest BCUT2D eigenvalue weighted by Gasteiger charge is 2.26.